The molecule has 0 bridgehead atoms. The highest BCUT2D eigenvalue weighted by atomic mass is 16.6. The van der Waals surface area contributed by atoms with E-state index in [0.29, 0.717) is 5.56 Å². The molecule has 9 heteroatoms. The van der Waals surface area contributed by atoms with Crippen LogP contribution >= 0.6 is 0 Å². The summed E-state index contributed by atoms with van der Waals surface area (Å²) in [5, 5.41) is 17.0. The smallest absolute Gasteiger partial charge is 0.408 e. The lowest BCUT2D eigenvalue weighted by atomic mass is 9.91. The molecule has 9 nitrogen and oxygen atoms in total. The number of carbonyl (C=O) groups is 3. The molecule has 3 amide bonds. The van der Waals surface area contributed by atoms with Crippen LogP contribution in [0.2, 0.25) is 0 Å². The second kappa shape index (κ2) is 9.81. The van der Waals surface area contributed by atoms with Crippen molar-refractivity contribution in [3.8, 4) is 5.69 Å². The summed E-state index contributed by atoms with van der Waals surface area (Å²) in [6, 6.07) is 10.4. The van der Waals surface area contributed by atoms with E-state index in [1.807, 2.05) is 53.4 Å². The van der Waals surface area contributed by atoms with Crippen LogP contribution in [0.1, 0.15) is 39.2 Å². The number of β-amino-alcohol motifs (C(OH)–C–C–N with tert-alkyl or cyclic N) is 1. The van der Waals surface area contributed by atoms with Gasteiger partial charge in [0.05, 0.1) is 6.54 Å². The summed E-state index contributed by atoms with van der Waals surface area (Å²) >= 11 is 0. The maximum Gasteiger partial charge on any atom is 0.408 e. The van der Waals surface area contributed by atoms with E-state index in [2.05, 4.69) is 17.2 Å². The first-order valence-electron chi connectivity index (χ1n) is 12.1. The Morgan fingerprint density at radius 2 is 1.86 bits per heavy atom. The SMILES string of the molecule is C=C[C@@H]1C[C@H]1NC(=O)[C@@H]1C[C@@](O)(c2ccc(-n3cccc3)cc2)CN1C(=O)CNC(=O)OC(C)(C)C. The lowest BCUT2D eigenvalue weighted by Crippen LogP contribution is -2.50. The predicted octanol–water partition coefficient (Wildman–Crippen LogP) is 2.48. The van der Waals surface area contributed by atoms with Gasteiger partial charge in [-0.05, 0) is 62.9 Å². The van der Waals surface area contributed by atoms with Gasteiger partial charge in [-0.3, -0.25) is 9.59 Å². The third kappa shape index (κ3) is 5.79. The number of alkyl carbamates (subject to hydrolysis) is 1. The van der Waals surface area contributed by atoms with E-state index in [1.165, 1.54) is 4.90 Å². The number of aliphatic hydroxyl groups is 1. The van der Waals surface area contributed by atoms with Gasteiger partial charge in [0, 0.05) is 30.5 Å². The van der Waals surface area contributed by atoms with Gasteiger partial charge in [0.2, 0.25) is 11.8 Å². The summed E-state index contributed by atoms with van der Waals surface area (Å²) in [6.07, 6.45) is 5.78. The predicted molar refractivity (Wildman–Crippen MR) is 134 cm³/mol. The van der Waals surface area contributed by atoms with Gasteiger partial charge in [0.25, 0.3) is 0 Å². The Morgan fingerprint density at radius 3 is 2.44 bits per heavy atom. The summed E-state index contributed by atoms with van der Waals surface area (Å²) in [5.74, 6) is -0.583. The normalized spacial score (nSPS) is 25.2. The fourth-order valence-corrected chi connectivity index (χ4v) is 4.53. The van der Waals surface area contributed by atoms with Crippen molar-refractivity contribution in [1.29, 1.82) is 0 Å². The summed E-state index contributed by atoms with van der Waals surface area (Å²) in [7, 11) is 0. The monoisotopic (exact) mass is 494 g/mol. The van der Waals surface area contributed by atoms with Gasteiger partial charge in [-0.1, -0.05) is 18.2 Å². The van der Waals surface area contributed by atoms with Gasteiger partial charge in [-0.25, -0.2) is 4.79 Å². The van der Waals surface area contributed by atoms with Gasteiger partial charge < -0.3 is 29.9 Å². The van der Waals surface area contributed by atoms with Crippen LogP contribution in [-0.2, 0) is 19.9 Å². The number of ether oxygens (including phenoxy) is 1. The van der Waals surface area contributed by atoms with Gasteiger partial charge in [-0.2, -0.15) is 0 Å². The first kappa shape index (κ1) is 25.5. The van der Waals surface area contributed by atoms with Crippen LogP contribution in [0.3, 0.4) is 0 Å². The van der Waals surface area contributed by atoms with Crippen LogP contribution < -0.4 is 10.6 Å². The number of aromatic nitrogens is 1. The Bertz CT molecular complexity index is 1120. The molecule has 1 saturated heterocycles. The van der Waals surface area contributed by atoms with E-state index in [1.54, 1.807) is 26.8 Å². The molecule has 4 atom stereocenters. The molecule has 0 unspecified atom stereocenters. The molecule has 3 N–H and O–H groups in total. The highest BCUT2D eigenvalue weighted by molar-refractivity contribution is 5.90. The van der Waals surface area contributed by atoms with Crippen LogP contribution in [0.15, 0.2) is 61.4 Å². The van der Waals surface area contributed by atoms with Crippen molar-refractivity contribution in [2.45, 2.75) is 56.9 Å². The van der Waals surface area contributed by atoms with Crippen LogP contribution in [0.5, 0.6) is 0 Å². The molecule has 0 radical (unpaired) electrons. The topological polar surface area (TPSA) is 113 Å². The molecule has 2 fully saturated rings. The zero-order valence-electron chi connectivity index (χ0n) is 20.9. The average molecular weight is 495 g/mol. The summed E-state index contributed by atoms with van der Waals surface area (Å²) in [4.78, 5) is 39.7. The van der Waals surface area contributed by atoms with Crippen molar-refractivity contribution in [2.24, 2.45) is 5.92 Å². The number of nitrogens with zero attached hydrogens (tertiary/aromatic N) is 2. The van der Waals surface area contributed by atoms with Crippen molar-refractivity contribution in [1.82, 2.24) is 20.1 Å². The van der Waals surface area contributed by atoms with E-state index < -0.39 is 29.2 Å². The average Bonchev–Trinajstić information content (AvgIpc) is 3.20. The molecule has 2 aromatic rings. The van der Waals surface area contributed by atoms with Crippen LogP contribution in [0.4, 0.5) is 4.79 Å². The van der Waals surface area contributed by atoms with Crippen LogP contribution in [-0.4, -0.2) is 63.3 Å². The molecule has 1 saturated carbocycles. The van der Waals surface area contributed by atoms with E-state index in [-0.39, 0.29) is 37.4 Å². The highest BCUT2D eigenvalue weighted by Gasteiger charge is 2.50. The second-order valence-electron chi connectivity index (χ2n) is 10.5. The van der Waals surface area contributed by atoms with Gasteiger partial charge >= 0.3 is 6.09 Å². The Hall–Kier alpha value is -3.59. The summed E-state index contributed by atoms with van der Waals surface area (Å²) in [5.41, 5.74) is -0.581. The minimum atomic E-state index is -1.42. The minimum absolute atomic E-state index is 0.0126. The van der Waals surface area contributed by atoms with E-state index in [0.717, 1.165) is 12.1 Å². The molecular weight excluding hydrogens is 460 g/mol. The largest absolute Gasteiger partial charge is 0.444 e. The molecule has 1 aromatic carbocycles. The third-order valence-electron chi connectivity index (χ3n) is 6.52. The molecule has 4 rings (SSSR count). The molecule has 0 spiro atoms. The van der Waals surface area contributed by atoms with E-state index in [4.69, 9.17) is 4.74 Å². The maximum atomic E-state index is 13.2. The first-order chi connectivity index (χ1) is 17.0. The number of hydrogen-bond acceptors (Lipinski definition) is 5. The number of nitrogens with one attached hydrogen (secondary N) is 2. The van der Waals surface area contributed by atoms with Crippen LogP contribution in [0.25, 0.3) is 5.69 Å². The summed E-state index contributed by atoms with van der Waals surface area (Å²) < 4.78 is 7.15. The second-order valence-corrected chi connectivity index (χ2v) is 10.5. The molecule has 1 aliphatic heterocycles. The first-order valence-corrected chi connectivity index (χ1v) is 12.1. The number of benzene rings is 1. The Morgan fingerprint density at radius 1 is 1.19 bits per heavy atom. The minimum Gasteiger partial charge on any atom is -0.444 e. The molecule has 1 aromatic heterocycles. The van der Waals surface area contributed by atoms with Crippen LogP contribution in [0, 0.1) is 5.92 Å². The van der Waals surface area contributed by atoms with E-state index in [9.17, 15) is 19.5 Å². The number of rotatable bonds is 7. The summed E-state index contributed by atoms with van der Waals surface area (Å²) in [6.45, 7) is 8.53. The molecule has 2 aliphatic rings. The van der Waals surface area contributed by atoms with Crippen molar-refractivity contribution in [3.63, 3.8) is 0 Å². The number of carbonyl (C=O) groups excluding carboxylic acids is 3. The third-order valence-corrected chi connectivity index (χ3v) is 6.52. The lowest BCUT2D eigenvalue weighted by Gasteiger charge is -2.25. The van der Waals surface area contributed by atoms with Crippen molar-refractivity contribution in [3.05, 3.63) is 67.0 Å². The van der Waals surface area contributed by atoms with Crippen molar-refractivity contribution >= 4 is 17.9 Å². The zero-order chi connectivity index (χ0) is 26.1. The van der Waals surface area contributed by atoms with Crippen molar-refractivity contribution < 1.29 is 24.2 Å². The van der Waals surface area contributed by atoms with Gasteiger partial charge in [0.1, 0.15) is 23.8 Å². The van der Waals surface area contributed by atoms with Gasteiger partial charge in [-0.15, -0.1) is 6.58 Å². The molecule has 2 heterocycles. The molecule has 36 heavy (non-hydrogen) atoms. The van der Waals surface area contributed by atoms with E-state index >= 15 is 0 Å². The molecule has 1 aliphatic carbocycles. The highest BCUT2D eigenvalue weighted by Crippen LogP contribution is 2.38. The Balaban J connectivity index is 1.50. The van der Waals surface area contributed by atoms with Crippen molar-refractivity contribution in [2.75, 3.05) is 13.1 Å². The maximum absolute atomic E-state index is 13.2. The number of hydrogen-bond donors (Lipinski definition) is 3. The Kier molecular flexibility index (Phi) is 6.95. The lowest BCUT2D eigenvalue weighted by molar-refractivity contribution is -0.138. The van der Waals surface area contributed by atoms with Gasteiger partial charge in [0.15, 0.2) is 0 Å². The number of likely N-dealkylation sites (tertiary alicyclic amines) is 1. The number of amides is 3. The quantitative estimate of drug-likeness (QED) is 0.512. The fourth-order valence-electron chi connectivity index (χ4n) is 4.53. The zero-order valence-corrected chi connectivity index (χ0v) is 20.9. The standard InChI is InChI=1S/C27H34N4O5/c1-5-18-14-21(18)29-24(33)22-15-27(35,19-8-10-20(11-9-19)30-12-6-7-13-30)17-31(22)23(32)16-28-25(34)36-26(2,3)4/h5-13,18,21-22,35H,1,14-17H2,2-4H3,(H,28,34)(H,29,33)/t18-,21-,22+,27+/m1/s1. The molecular formula is C27H34N4O5. The molecule has 192 valence electrons. The Labute approximate surface area is 211 Å². The fraction of sp³-hybridized carbons (Fsp3) is 0.444.